The van der Waals surface area contributed by atoms with Crippen molar-refractivity contribution >= 4 is 5.91 Å². The Morgan fingerprint density at radius 3 is 2.71 bits per heavy atom. The molecule has 0 saturated carbocycles. The van der Waals surface area contributed by atoms with E-state index < -0.39 is 6.04 Å². The average molecular weight is 196 g/mol. The lowest BCUT2D eigenvalue weighted by atomic mass is 10.2. The highest BCUT2D eigenvalue weighted by Crippen LogP contribution is 2.09. The Labute approximate surface area is 83.3 Å². The standard InChI is InChI=1S/C9H16N4O/c1-6(10)9(14)12-7(2)8-4-11-13(3)5-8/h4-7H,10H2,1-3H3,(H,12,14)/t6-,7?/m1/s1. The van der Waals surface area contributed by atoms with E-state index in [1.165, 1.54) is 0 Å². The minimum atomic E-state index is -0.478. The Kier molecular flexibility index (Phi) is 3.24. The average Bonchev–Trinajstić information content (AvgIpc) is 2.51. The number of aryl methyl sites for hydroxylation is 1. The molecule has 0 aliphatic carbocycles. The molecule has 5 heteroatoms. The van der Waals surface area contributed by atoms with Crippen LogP contribution < -0.4 is 11.1 Å². The fourth-order valence-electron chi connectivity index (χ4n) is 1.09. The highest BCUT2D eigenvalue weighted by atomic mass is 16.2. The van der Waals surface area contributed by atoms with Crippen LogP contribution in [0.25, 0.3) is 0 Å². The Bertz CT molecular complexity index is 318. The molecular formula is C9H16N4O. The van der Waals surface area contributed by atoms with E-state index in [4.69, 9.17) is 5.73 Å². The maximum atomic E-state index is 11.3. The predicted octanol–water partition coefficient (Wildman–Crippen LogP) is -0.0555. The summed E-state index contributed by atoms with van der Waals surface area (Å²) in [6.07, 6.45) is 3.60. The van der Waals surface area contributed by atoms with E-state index in [1.54, 1.807) is 17.8 Å². The van der Waals surface area contributed by atoms with Gasteiger partial charge in [-0.05, 0) is 13.8 Å². The zero-order valence-electron chi connectivity index (χ0n) is 8.69. The van der Waals surface area contributed by atoms with Gasteiger partial charge in [0.25, 0.3) is 0 Å². The van der Waals surface area contributed by atoms with Gasteiger partial charge in [0.15, 0.2) is 0 Å². The lowest BCUT2D eigenvalue weighted by Crippen LogP contribution is -2.39. The number of carbonyl (C=O) groups is 1. The van der Waals surface area contributed by atoms with Crippen LogP contribution in [0.3, 0.4) is 0 Å². The molecule has 1 unspecified atom stereocenters. The van der Waals surface area contributed by atoms with Crippen LogP contribution in [-0.2, 0) is 11.8 Å². The lowest BCUT2D eigenvalue weighted by molar-refractivity contribution is -0.122. The third-order valence-corrected chi connectivity index (χ3v) is 2.00. The topological polar surface area (TPSA) is 72.9 Å². The molecular weight excluding hydrogens is 180 g/mol. The maximum Gasteiger partial charge on any atom is 0.237 e. The number of amides is 1. The van der Waals surface area contributed by atoms with E-state index in [-0.39, 0.29) is 11.9 Å². The number of nitrogens with two attached hydrogens (primary N) is 1. The Balaban J connectivity index is 2.59. The first kappa shape index (κ1) is 10.7. The molecule has 3 N–H and O–H groups in total. The van der Waals surface area contributed by atoms with E-state index >= 15 is 0 Å². The van der Waals surface area contributed by atoms with Crippen molar-refractivity contribution in [2.24, 2.45) is 12.8 Å². The van der Waals surface area contributed by atoms with Gasteiger partial charge in [0.1, 0.15) is 0 Å². The monoisotopic (exact) mass is 196 g/mol. The van der Waals surface area contributed by atoms with Gasteiger partial charge in [-0.2, -0.15) is 5.10 Å². The van der Waals surface area contributed by atoms with Gasteiger partial charge in [-0.25, -0.2) is 0 Å². The third kappa shape index (κ3) is 2.56. The normalized spacial score (nSPS) is 14.9. The first-order valence-corrected chi connectivity index (χ1v) is 4.55. The highest BCUT2D eigenvalue weighted by molar-refractivity contribution is 5.81. The summed E-state index contributed by atoms with van der Waals surface area (Å²) in [4.78, 5) is 11.3. The molecule has 1 aromatic heterocycles. The molecule has 5 nitrogen and oxygen atoms in total. The Hall–Kier alpha value is -1.36. The molecule has 14 heavy (non-hydrogen) atoms. The van der Waals surface area contributed by atoms with Crippen LogP contribution in [0.15, 0.2) is 12.4 Å². The number of aromatic nitrogens is 2. The minimum Gasteiger partial charge on any atom is -0.348 e. The third-order valence-electron chi connectivity index (χ3n) is 2.00. The molecule has 1 amide bonds. The molecule has 1 rings (SSSR count). The van der Waals surface area contributed by atoms with Crippen LogP contribution in [0.4, 0.5) is 0 Å². The van der Waals surface area contributed by atoms with Crippen molar-refractivity contribution in [1.82, 2.24) is 15.1 Å². The van der Waals surface area contributed by atoms with E-state index in [0.717, 1.165) is 5.56 Å². The zero-order chi connectivity index (χ0) is 10.7. The second kappa shape index (κ2) is 4.23. The summed E-state index contributed by atoms with van der Waals surface area (Å²) >= 11 is 0. The molecule has 1 aromatic rings. The van der Waals surface area contributed by atoms with Gasteiger partial charge in [0.05, 0.1) is 18.3 Å². The van der Waals surface area contributed by atoms with Crippen molar-refractivity contribution in [2.45, 2.75) is 25.9 Å². The minimum absolute atomic E-state index is 0.0535. The van der Waals surface area contributed by atoms with E-state index in [1.807, 2.05) is 20.2 Å². The molecule has 1 heterocycles. The summed E-state index contributed by atoms with van der Waals surface area (Å²) in [6.45, 7) is 3.56. The zero-order valence-corrected chi connectivity index (χ0v) is 8.69. The van der Waals surface area contributed by atoms with Gasteiger partial charge >= 0.3 is 0 Å². The summed E-state index contributed by atoms with van der Waals surface area (Å²) in [5.41, 5.74) is 6.41. The van der Waals surface area contributed by atoms with E-state index in [2.05, 4.69) is 10.4 Å². The molecule has 0 aliphatic rings. The number of nitrogens with one attached hydrogen (secondary N) is 1. The summed E-state index contributed by atoms with van der Waals surface area (Å²) in [5, 5.41) is 6.82. The maximum absolute atomic E-state index is 11.3. The molecule has 0 saturated heterocycles. The molecule has 2 atom stereocenters. The smallest absolute Gasteiger partial charge is 0.237 e. The van der Waals surface area contributed by atoms with Gasteiger partial charge in [0.2, 0.25) is 5.91 Å². The van der Waals surface area contributed by atoms with Crippen LogP contribution in [0, 0.1) is 0 Å². The summed E-state index contributed by atoms with van der Waals surface area (Å²) in [7, 11) is 1.84. The van der Waals surface area contributed by atoms with Gasteiger partial charge in [-0.1, -0.05) is 0 Å². The van der Waals surface area contributed by atoms with Gasteiger partial charge in [-0.15, -0.1) is 0 Å². The number of hydrogen-bond acceptors (Lipinski definition) is 3. The fourth-order valence-corrected chi connectivity index (χ4v) is 1.09. The first-order chi connectivity index (χ1) is 6.50. The van der Waals surface area contributed by atoms with Crippen molar-refractivity contribution in [2.75, 3.05) is 0 Å². The van der Waals surface area contributed by atoms with Gasteiger partial charge < -0.3 is 11.1 Å². The van der Waals surface area contributed by atoms with Crippen LogP contribution in [0.5, 0.6) is 0 Å². The van der Waals surface area contributed by atoms with Crippen molar-refractivity contribution in [3.63, 3.8) is 0 Å². The molecule has 0 aromatic carbocycles. The number of nitrogens with zero attached hydrogens (tertiary/aromatic N) is 2. The van der Waals surface area contributed by atoms with Crippen molar-refractivity contribution in [3.05, 3.63) is 18.0 Å². The predicted molar refractivity (Wildman–Crippen MR) is 53.4 cm³/mol. The molecule has 0 radical (unpaired) electrons. The molecule has 0 spiro atoms. The number of rotatable bonds is 3. The Morgan fingerprint density at radius 2 is 2.29 bits per heavy atom. The molecule has 0 aliphatic heterocycles. The quantitative estimate of drug-likeness (QED) is 0.711. The van der Waals surface area contributed by atoms with Crippen LogP contribution in [0.2, 0.25) is 0 Å². The second-order valence-electron chi connectivity index (χ2n) is 3.47. The first-order valence-electron chi connectivity index (χ1n) is 4.55. The van der Waals surface area contributed by atoms with Gasteiger partial charge in [-0.3, -0.25) is 9.48 Å². The molecule has 0 fully saturated rings. The van der Waals surface area contributed by atoms with Crippen molar-refractivity contribution in [1.29, 1.82) is 0 Å². The fraction of sp³-hybridized carbons (Fsp3) is 0.556. The van der Waals surface area contributed by atoms with Crippen LogP contribution in [0.1, 0.15) is 25.5 Å². The SMILES string of the molecule is CC(NC(=O)[C@@H](C)N)c1cnn(C)c1. The summed E-state index contributed by atoms with van der Waals surface area (Å²) in [6, 6.07) is -0.531. The number of hydrogen-bond donors (Lipinski definition) is 2. The summed E-state index contributed by atoms with van der Waals surface area (Å²) in [5.74, 6) is -0.152. The summed E-state index contributed by atoms with van der Waals surface area (Å²) < 4.78 is 1.70. The van der Waals surface area contributed by atoms with E-state index in [9.17, 15) is 4.79 Å². The largest absolute Gasteiger partial charge is 0.348 e. The van der Waals surface area contributed by atoms with E-state index in [0.29, 0.717) is 0 Å². The van der Waals surface area contributed by atoms with Crippen molar-refractivity contribution < 1.29 is 4.79 Å². The molecule has 0 bridgehead atoms. The van der Waals surface area contributed by atoms with Crippen LogP contribution >= 0.6 is 0 Å². The number of carbonyl (C=O) groups excluding carboxylic acids is 1. The highest BCUT2D eigenvalue weighted by Gasteiger charge is 2.13. The Morgan fingerprint density at radius 1 is 1.64 bits per heavy atom. The van der Waals surface area contributed by atoms with Crippen LogP contribution in [-0.4, -0.2) is 21.7 Å². The van der Waals surface area contributed by atoms with Crippen molar-refractivity contribution in [3.8, 4) is 0 Å². The van der Waals surface area contributed by atoms with Gasteiger partial charge in [0, 0.05) is 18.8 Å². The lowest BCUT2D eigenvalue weighted by Gasteiger charge is -2.13. The molecule has 78 valence electrons. The second-order valence-corrected chi connectivity index (χ2v) is 3.47.